The van der Waals surface area contributed by atoms with Crippen LogP contribution >= 0.6 is 23.1 Å². The number of thiophene rings is 1. The minimum absolute atomic E-state index is 0.0811. The molecule has 0 N–H and O–H groups in total. The highest BCUT2D eigenvalue weighted by Crippen LogP contribution is 2.39. The Hall–Kier alpha value is -2.37. The molecule has 0 atom stereocenters. The van der Waals surface area contributed by atoms with E-state index in [4.69, 9.17) is 0 Å². The highest BCUT2D eigenvalue weighted by molar-refractivity contribution is 7.98. The monoisotopic (exact) mass is 377 g/mol. The van der Waals surface area contributed by atoms with E-state index in [1.165, 1.54) is 11.3 Å². The van der Waals surface area contributed by atoms with Crippen LogP contribution < -0.4 is 0 Å². The molecule has 3 aromatic heterocycles. The second-order valence-corrected chi connectivity index (χ2v) is 6.88. The van der Waals surface area contributed by atoms with Crippen molar-refractivity contribution in [3.05, 3.63) is 64.8 Å². The third-order valence-electron chi connectivity index (χ3n) is 3.30. The fraction of sp³-hybridized carbons (Fsp3) is 0.118. The number of halogens is 3. The number of aromatic nitrogens is 2. The smallest absolute Gasteiger partial charge is 0.265 e. The molecule has 3 nitrogen and oxygen atoms in total. The van der Waals surface area contributed by atoms with Crippen molar-refractivity contribution in [2.45, 2.75) is 17.0 Å². The highest BCUT2D eigenvalue weighted by atomic mass is 32.2. The number of nitrogens with zero attached hydrogens (tertiary/aromatic N) is 3. The molecule has 0 spiro atoms. The molecule has 0 bridgehead atoms. The minimum Gasteiger partial charge on any atom is -0.265 e. The molecule has 0 radical (unpaired) electrons. The quantitative estimate of drug-likeness (QED) is 0.572. The maximum Gasteiger partial charge on any atom is 0.417 e. The summed E-state index contributed by atoms with van der Waals surface area (Å²) in [6, 6.07) is 9.61. The molecule has 0 fully saturated rings. The predicted octanol–water partition coefficient (Wildman–Crippen LogP) is 5.39. The Bertz CT molecular complexity index is 901. The Morgan fingerprint density at radius 2 is 1.96 bits per heavy atom. The molecule has 0 aliphatic heterocycles. The van der Waals surface area contributed by atoms with Crippen LogP contribution in [0.2, 0.25) is 0 Å². The lowest BCUT2D eigenvalue weighted by Crippen LogP contribution is -2.10. The van der Waals surface area contributed by atoms with Crippen LogP contribution in [0.15, 0.2) is 53.1 Å². The molecule has 25 heavy (non-hydrogen) atoms. The average Bonchev–Trinajstić information content (AvgIpc) is 3.14. The average molecular weight is 377 g/mol. The lowest BCUT2D eigenvalue weighted by atomic mass is 10.1. The molecular formula is C17H10F3N3S2. The number of hydrogen-bond donors (Lipinski definition) is 0. The van der Waals surface area contributed by atoms with Gasteiger partial charge in [-0.05, 0) is 35.2 Å². The molecular weight excluding hydrogens is 367 g/mol. The van der Waals surface area contributed by atoms with Gasteiger partial charge >= 0.3 is 6.18 Å². The van der Waals surface area contributed by atoms with Crippen LogP contribution in [-0.4, -0.2) is 9.97 Å². The summed E-state index contributed by atoms with van der Waals surface area (Å²) in [5, 5.41) is 11.1. The highest BCUT2D eigenvalue weighted by Gasteiger charge is 2.36. The normalized spacial score (nSPS) is 11.3. The fourth-order valence-electron chi connectivity index (χ4n) is 2.14. The van der Waals surface area contributed by atoms with Crippen LogP contribution in [0.25, 0.3) is 10.6 Å². The summed E-state index contributed by atoms with van der Waals surface area (Å²) in [6.07, 6.45) is -1.40. The molecule has 3 heterocycles. The first-order chi connectivity index (χ1) is 12.0. The summed E-state index contributed by atoms with van der Waals surface area (Å²) in [7, 11) is 0. The Kier molecular flexibility index (Phi) is 5.06. The largest absolute Gasteiger partial charge is 0.417 e. The van der Waals surface area contributed by atoms with Crippen molar-refractivity contribution in [1.29, 1.82) is 5.26 Å². The Balaban J connectivity index is 2.05. The second kappa shape index (κ2) is 7.25. The molecule has 8 heteroatoms. The summed E-state index contributed by atoms with van der Waals surface area (Å²) >= 11 is 2.41. The molecule has 126 valence electrons. The van der Waals surface area contributed by atoms with E-state index in [9.17, 15) is 18.4 Å². The first kappa shape index (κ1) is 17.5. The standard InChI is InChI=1S/C17H10F3N3S2/c18-17(19,20)13-8-14(15-2-1-7-24-15)23-16(12(13)9-21)25-10-11-3-5-22-6-4-11/h1-8H,10H2. The fourth-order valence-corrected chi connectivity index (χ4v) is 3.78. The zero-order valence-corrected chi connectivity index (χ0v) is 14.3. The van der Waals surface area contributed by atoms with Crippen molar-refractivity contribution < 1.29 is 13.2 Å². The molecule has 0 aliphatic carbocycles. The van der Waals surface area contributed by atoms with Crippen molar-refractivity contribution in [3.8, 4) is 16.6 Å². The zero-order chi connectivity index (χ0) is 17.9. The van der Waals surface area contributed by atoms with Gasteiger partial charge in [-0.2, -0.15) is 18.4 Å². The number of alkyl halides is 3. The molecule has 0 aliphatic rings. The van der Waals surface area contributed by atoms with E-state index in [2.05, 4.69) is 9.97 Å². The first-order valence-corrected chi connectivity index (χ1v) is 8.93. The van der Waals surface area contributed by atoms with E-state index < -0.39 is 17.3 Å². The number of nitriles is 1. The number of hydrogen-bond acceptors (Lipinski definition) is 5. The number of thioether (sulfide) groups is 1. The molecule has 3 rings (SSSR count). The van der Waals surface area contributed by atoms with Gasteiger partial charge in [-0.25, -0.2) is 4.98 Å². The third-order valence-corrected chi connectivity index (χ3v) is 5.24. The minimum atomic E-state index is -4.62. The van der Waals surface area contributed by atoms with Crippen LogP contribution in [-0.2, 0) is 11.9 Å². The molecule has 0 saturated carbocycles. The number of rotatable bonds is 4. The van der Waals surface area contributed by atoms with Crippen LogP contribution in [0, 0.1) is 11.3 Å². The Morgan fingerprint density at radius 1 is 1.20 bits per heavy atom. The summed E-state index contributed by atoms with van der Waals surface area (Å²) in [5.41, 5.74) is -0.281. The van der Waals surface area contributed by atoms with Crippen LogP contribution in [0.3, 0.4) is 0 Å². The third kappa shape index (κ3) is 4.00. The second-order valence-electron chi connectivity index (χ2n) is 4.97. The van der Waals surface area contributed by atoms with Crippen molar-refractivity contribution in [3.63, 3.8) is 0 Å². The van der Waals surface area contributed by atoms with E-state index >= 15 is 0 Å². The summed E-state index contributed by atoms with van der Waals surface area (Å²) in [6.45, 7) is 0. The zero-order valence-electron chi connectivity index (χ0n) is 12.6. The molecule has 0 amide bonds. The summed E-state index contributed by atoms with van der Waals surface area (Å²) < 4.78 is 40.2. The molecule has 0 unspecified atom stereocenters. The van der Waals surface area contributed by atoms with Gasteiger partial charge in [0.25, 0.3) is 0 Å². The van der Waals surface area contributed by atoms with Crippen LogP contribution in [0.1, 0.15) is 16.7 Å². The Morgan fingerprint density at radius 3 is 2.56 bits per heavy atom. The molecule has 0 saturated heterocycles. The topological polar surface area (TPSA) is 49.6 Å². The van der Waals surface area contributed by atoms with E-state index in [1.807, 2.05) is 0 Å². The van der Waals surface area contributed by atoms with E-state index in [1.54, 1.807) is 48.1 Å². The summed E-state index contributed by atoms with van der Waals surface area (Å²) in [5.74, 6) is 0.398. The predicted molar refractivity (Wildman–Crippen MR) is 91.1 cm³/mol. The van der Waals surface area contributed by atoms with Crippen molar-refractivity contribution in [2.75, 3.05) is 0 Å². The SMILES string of the molecule is N#Cc1c(C(F)(F)F)cc(-c2cccs2)nc1SCc1ccncc1. The van der Waals surface area contributed by atoms with Crippen LogP contribution in [0.4, 0.5) is 13.2 Å². The van der Waals surface area contributed by atoms with Gasteiger partial charge in [0, 0.05) is 18.1 Å². The van der Waals surface area contributed by atoms with Gasteiger partial charge in [0.2, 0.25) is 0 Å². The van der Waals surface area contributed by atoms with Gasteiger partial charge in [0.1, 0.15) is 11.1 Å². The lowest BCUT2D eigenvalue weighted by Gasteiger charge is -2.13. The van der Waals surface area contributed by atoms with Gasteiger partial charge in [-0.15, -0.1) is 23.1 Å². The molecule has 3 aromatic rings. The first-order valence-electron chi connectivity index (χ1n) is 7.07. The van der Waals surface area contributed by atoms with Gasteiger partial charge in [0.15, 0.2) is 0 Å². The van der Waals surface area contributed by atoms with E-state index in [-0.39, 0.29) is 10.7 Å². The van der Waals surface area contributed by atoms with Crippen molar-refractivity contribution in [2.24, 2.45) is 0 Å². The Labute approximate surface area is 150 Å². The maximum atomic E-state index is 13.4. The van der Waals surface area contributed by atoms with Gasteiger partial charge < -0.3 is 0 Å². The van der Waals surface area contributed by atoms with E-state index in [0.29, 0.717) is 10.6 Å². The van der Waals surface area contributed by atoms with Gasteiger partial charge in [-0.1, -0.05) is 6.07 Å². The van der Waals surface area contributed by atoms with E-state index in [0.717, 1.165) is 23.4 Å². The number of pyridine rings is 2. The summed E-state index contributed by atoms with van der Waals surface area (Å²) in [4.78, 5) is 8.84. The van der Waals surface area contributed by atoms with Gasteiger partial charge in [-0.3, -0.25) is 4.98 Å². The van der Waals surface area contributed by atoms with Crippen molar-refractivity contribution in [1.82, 2.24) is 9.97 Å². The van der Waals surface area contributed by atoms with Gasteiger partial charge in [0.05, 0.1) is 21.7 Å². The van der Waals surface area contributed by atoms with Crippen molar-refractivity contribution >= 4 is 23.1 Å². The maximum absolute atomic E-state index is 13.4. The molecule has 0 aromatic carbocycles. The lowest BCUT2D eigenvalue weighted by molar-refractivity contribution is -0.138. The van der Waals surface area contributed by atoms with Crippen LogP contribution in [0.5, 0.6) is 0 Å².